The predicted molar refractivity (Wildman–Crippen MR) is 71.8 cm³/mol. The van der Waals surface area contributed by atoms with Gasteiger partial charge in [0.2, 0.25) is 0 Å². The second kappa shape index (κ2) is 4.64. The third-order valence-electron chi connectivity index (χ3n) is 2.88. The highest BCUT2D eigenvalue weighted by Gasteiger charge is 2.10. The van der Waals surface area contributed by atoms with Crippen molar-refractivity contribution in [1.82, 2.24) is 24.6 Å². The number of pyridine rings is 1. The molecule has 3 aromatic rings. The lowest BCUT2D eigenvalue weighted by molar-refractivity contribution is 0.808. The van der Waals surface area contributed by atoms with E-state index >= 15 is 0 Å². The summed E-state index contributed by atoms with van der Waals surface area (Å²) in [6.45, 7) is 3.99. The molecule has 0 bridgehead atoms. The number of aryl methyl sites for hydroxylation is 1. The SMILES string of the molecule is Cc1cc(NC(C)c2ccccn2)n2ncnc2n1. The number of aromatic nitrogens is 5. The average molecular weight is 254 g/mol. The van der Waals surface area contributed by atoms with Gasteiger partial charge in [0.05, 0.1) is 11.7 Å². The number of rotatable bonds is 3. The Morgan fingerprint density at radius 2 is 2.16 bits per heavy atom. The molecule has 6 heteroatoms. The molecule has 0 radical (unpaired) electrons. The van der Waals surface area contributed by atoms with Crippen molar-refractivity contribution in [2.24, 2.45) is 0 Å². The van der Waals surface area contributed by atoms with Gasteiger partial charge in [-0.1, -0.05) is 6.07 Å². The van der Waals surface area contributed by atoms with Crippen molar-refractivity contribution in [2.75, 3.05) is 5.32 Å². The second-order valence-electron chi connectivity index (χ2n) is 4.38. The van der Waals surface area contributed by atoms with Gasteiger partial charge in [0.15, 0.2) is 0 Å². The lowest BCUT2D eigenvalue weighted by atomic mass is 10.2. The lowest BCUT2D eigenvalue weighted by Crippen LogP contribution is -2.12. The van der Waals surface area contributed by atoms with Gasteiger partial charge in [-0.05, 0) is 26.0 Å². The number of anilines is 1. The van der Waals surface area contributed by atoms with Crippen LogP contribution in [-0.2, 0) is 0 Å². The zero-order valence-corrected chi connectivity index (χ0v) is 10.8. The third-order valence-corrected chi connectivity index (χ3v) is 2.88. The standard InChI is InChI=1S/C13H14N6/c1-9-7-12(19-13(17-9)15-8-16-19)18-10(2)11-5-3-4-6-14-11/h3-8,10,18H,1-2H3. The van der Waals surface area contributed by atoms with Crippen molar-refractivity contribution < 1.29 is 0 Å². The minimum absolute atomic E-state index is 0.0791. The Hall–Kier alpha value is -2.50. The maximum Gasteiger partial charge on any atom is 0.254 e. The van der Waals surface area contributed by atoms with Crippen LogP contribution < -0.4 is 5.32 Å². The Labute approximate surface area is 110 Å². The van der Waals surface area contributed by atoms with Gasteiger partial charge in [-0.25, -0.2) is 4.98 Å². The van der Waals surface area contributed by atoms with E-state index in [1.807, 2.05) is 31.2 Å². The first-order chi connectivity index (χ1) is 9.24. The van der Waals surface area contributed by atoms with Crippen molar-refractivity contribution in [3.63, 3.8) is 0 Å². The van der Waals surface area contributed by atoms with Crippen molar-refractivity contribution in [2.45, 2.75) is 19.9 Å². The van der Waals surface area contributed by atoms with Gasteiger partial charge in [0, 0.05) is 18.0 Å². The zero-order chi connectivity index (χ0) is 13.2. The van der Waals surface area contributed by atoms with Crippen LogP contribution in [0.4, 0.5) is 5.82 Å². The topological polar surface area (TPSA) is 68.0 Å². The van der Waals surface area contributed by atoms with Crippen LogP contribution in [0.15, 0.2) is 36.8 Å². The molecular formula is C13H14N6. The van der Waals surface area contributed by atoms with Crippen LogP contribution in [0.2, 0.25) is 0 Å². The Balaban J connectivity index is 1.95. The number of hydrogen-bond acceptors (Lipinski definition) is 5. The van der Waals surface area contributed by atoms with E-state index in [2.05, 4.69) is 32.3 Å². The summed E-state index contributed by atoms with van der Waals surface area (Å²) in [5, 5.41) is 7.55. The van der Waals surface area contributed by atoms with Crippen molar-refractivity contribution in [3.05, 3.63) is 48.2 Å². The minimum atomic E-state index is 0.0791. The first-order valence-electron chi connectivity index (χ1n) is 6.09. The molecule has 0 aliphatic rings. The highest BCUT2D eigenvalue weighted by Crippen LogP contribution is 2.17. The van der Waals surface area contributed by atoms with Crippen LogP contribution in [-0.4, -0.2) is 24.6 Å². The number of nitrogens with one attached hydrogen (secondary N) is 1. The van der Waals surface area contributed by atoms with Crippen molar-refractivity contribution in [3.8, 4) is 0 Å². The summed E-state index contributed by atoms with van der Waals surface area (Å²) in [6, 6.07) is 7.90. The minimum Gasteiger partial charge on any atom is -0.362 e. The molecule has 0 aliphatic carbocycles. The maximum atomic E-state index is 4.34. The van der Waals surface area contributed by atoms with E-state index in [9.17, 15) is 0 Å². The van der Waals surface area contributed by atoms with Gasteiger partial charge < -0.3 is 5.32 Å². The molecule has 3 heterocycles. The molecule has 1 N–H and O–H groups in total. The van der Waals surface area contributed by atoms with Gasteiger partial charge in [-0.15, -0.1) is 0 Å². The van der Waals surface area contributed by atoms with Gasteiger partial charge in [0.25, 0.3) is 5.78 Å². The van der Waals surface area contributed by atoms with Gasteiger partial charge >= 0.3 is 0 Å². The number of fused-ring (bicyclic) bond motifs is 1. The summed E-state index contributed by atoms with van der Waals surface area (Å²) in [5.41, 5.74) is 1.88. The molecule has 1 unspecified atom stereocenters. The molecule has 0 amide bonds. The van der Waals surface area contributed by atoms with Crippen LogP contribution in [0.25, 0.3) is 5.78 Å². The quantitative estimate of drug-likeness (QED) is 0.774. The molecular weight excluding hydrogens is 240 g/mol. The molecule has 0 saturated carbocycles. The van der Waals surface area contributed by atoms with Gasteiger partial charge in [-0.2, -0.15) is 14.6 Å². The summed E-state index contributed by atoms with van der Waals surface area (Å²) in [5.74, 6) is 1.45. The van der Waals surface area contributed by atoms with Gasteiger partial charge in [-0.3, -0.25) is 4.98 Å². The fourth-order valence-electron chi connectivity index (χ4n) is 1.96. The van der Waals surface area contributed by atoms with E-state index < -0.39 is 0 Å². The summed E-state index contributed by atoms with van der Waals surface area (Å²) in [4.78, 5) is 12.8. The Morgan fingerprint density at radius 3 is 2.95 bits per heavy atom. The van der Waals surface area contributed by atoms with Crippen LogP contribution in [0.1, 0.15) is 24.4 Å². The number of hydrogen-bond donors (Lipinski definition) is 1. The Bertz CT molecular complexity index is 691. The Kier molecular flexibility index (Phi) is 2.83. The normalized spacial score (nSPS) is 12.5. The molecule has 0 saturated heterocycles. The molecule has 19 heavy (non-hydrogen) atoms. The smallest absolute Gasteiger partial charge is 0.254 e. The molecule has 3 aromatic heterocycles. The summed E-state index contributed by atoms with van der Waals surface area (Å²) >= 11 is 0. The van der Waals surface area contributed by atoms with E-state index in [-0.39, 0.29) is 6.04 Å². The second-order valence-corrected chi connectivity index (χ2v) is 4.38. The van der Waals surface area contributed by atoms with Crippen LogP contribution >= 0.6 is 0 Å². The first-order valence-corrected chi connectivity index (χ1v) is 6.09. The summed E-state index contributed by atoms with van der Waals surface area (Å²) in [7, 11) is 0. The average Bonchev–Trinajstić information content (AvgIpc) is 2.88. The largest absolute Gasteiger partial charge is 0.362 e. The van der Waals surface area contributed by atoms with Crippen molar-refractivity contribution in [1.29, 1.82) is 0 Å². The highest BCUT2D eigenvalue weighted by atomic mass is 15.4. The first kappa shape index (κ1) is 11.6. The molecule has 0 aromatic carbocycles. The third kappa shape index (κ3) is 2.24. The van der Waals surface area contributed by atoms with Crippen LogP contribution in [0, 0.1) is 6.92 Å². The van der Waals surface area contributed by atoms with Crippen molar-refractivity contribution >= 4 is 11.6 Å². The molecule has 96 valence electrons. The van der Waals surface area contributed by atoms with Crippen LogP contribution in [0.3, 0.4) is 0 Å². The fraction of sp³-hybridized carbons (Fsp3) is 0.231. The monoisotopic (exact) mass is 254 g/mol. The number of nitrogens with zero attached hydrogens (tertiary/aromatic N) is 5. The predicted octanol–water partition coefficient (Wildman–Crippen LogP) is 2.00. The molecule has 3 rings (SSSR count). The zero-order valence-electron chi connectivity index (χ0n) is 10.8. The van der Waals surface area contributed by atoms with Crippen LogP contribution in [0.5, 0.6) is 0 Å². The summed E-state index contributed by atoms with van der Waals surface area (Å²) < 4.78 is 1.69. The molecule has 0 fully saturated rings. The molecule has 1 atom stereocenters. The lowest BCUT2D eigenvalue weighted by Gasteiger charge is -2.15. The van der Waals surface area contributed by atoms with E-state index in [1.54, 1.807) is 10.7 Å². The molecule has 6 nitrogen and oxygen atoms in total. The van der Waals surface area contributed by atoms with E-state index in [0.29, 0.717) is 5.78 Å². The van der Waals surface area contributed by atoms with Gasteiger partial charge in [0.1, 0.15) is 12.1 Å². The fourth-order valence-corrected chi connectivity index (χ4v) is 1.96. The molecule has 0 spiro atoms. The summed E-state index contributed by atoms with van der Waals surface area (Å²) in [6.07, 6.45) is 3.29. The Morgan fingerprint density at radius 1 is 1.26 bits per heavy atom. The highest BCUT2D eigenvalue weighted by molar-refractivity contribution is 5.45. The van der Waals surface area contributed by atoms with E-state index in [4.69, 9.17) is 0 Å². The van der Waals surface area contributed by atoms with E-state index in [0.717, 1.165) is 17.2 Å². The molecule has 0 aliphatic heterocycles. The maximum absolute atomic E-state index is 4.34. The van der Waals surface area contributed by atoms with E-state index in [1.165, 1.54) is 6.33 Å².